The van der Waals surface area contributed by atoms with Crippen molar-refractivity contribution < 1.29 is 14.7 Å². The molecule has 1 fully saturated rings. The van der Waals surface area contributed by atoms with E-state index in [0.29, 0.717) is 13.0 Å². The van der Waals surface area contributed by atoms with Crippen LogP contribution in [0.1, 0.15) is 19.8 Å². The predicted octanol–water partition coefficient (Wildman–Crippen LogP) is 3.76. The Morgan fingerprint density at radius 1 is 1.04 bits per heavy atom. The Balaban J connectivity index is 1.98. The Bertz CT molecular complexity index is 733. The van der Waals surface area contributed by atoms with Gasteiger partial charge in [0, 0.05) is 17.8 Å². The van der Waals surface area contributed by atoms with Gasteiger partial charge in [0.05, 0.1) is 12.1 Å². The molecule has 0 aliphatic carbocycles. The van der Waals surface area contributed by atoms with Crippen LogP contribution in [-0.2, 0) is 4.79 Å². The second-order valence-corrected chi connectivity index (χ2v) is 6.27. The molecule has 1 atom stereocenters. The minimum Gasteiger partial charge on any atom is -0.481 e. The molecule has 0 aromatic heterocycles. The van der Waals surface area contributed by atoms with Crippen molar-refractivity contribution in [3.05, 3.63) is 60.7 Å². The number of benzene rings is 2. The number of carboxylic acid groups (broad SMARTS) is 1. The van der Waals surface area contributed by atoms with Crippen LogP contribution in [0.4, 0.5) is 16.2 Å². The SMILES string of the molecule is CC1(CCC(=O)O)CN(c2ccccc2)C(=O)N1c1ccccc1. The molecule has 1 aliphatic heterocycles. The van der Waals surface area contributed by atoms with Gasteiger partial charge in [-0.25, -0.2) is 4.79 Å². The van der Waals surface area contributed by atoms with Crippen LogP contribution in [-0.4, -0.2) is 29.2 Å². The van der Waals surface area contributed by atoms with Crippen molar-refractivity contribution in [2.24, 2.45) is 0 Å². The lowest BCUT2D eigenvalue weighted by atomic mass is 9.94. The summed E-state index contributed by atoms with van der Waals surface area (Å²) in [6, 6.07) is 18.8. The fraction of sp³-hybridized carbons (Fsp3) is 0.263. The van der Waals surface area contributed by atoms with Crippen molar-refractivity contribution in [1.82, 2.24) is 0 Å². The molecule has 0 bridgehead atoms. The molecule has 3 rings (SSSR count). The van der Waals surface area contributed by atoms with E-state index in [1.54, 1.807) is 9.80 Å². The van der Waals surface area contributed by atoms with Gasteiger partial charge in [-0.2, -0.15) is 0 Å². The van der Waals surface area contributed by atoms with E-state index >= 15 is 0 Å². The number of aliphatic carboxylic acids is 1. The monoisotopic (exact) mass is 324 g/mol. The minimum atomic E-state index is -0.852. The Labute approximate surface area is 141 Å². The van der Waals surface area contributed by atoms with Crippen LogP contribution in [0, 0.1) is 0 Å². The second kappa shape index (κ2) is 6.35. The van der Waals surface area contributed by atoms with Gasteiger partial charge >= 0.3 is 12.0 Å². The Kier molecular flexibility index (Phi) is 4.25. The number of carbonyl (C=O) groups is 2. The first-order valence-corrected chi connectivity index (χ1v) is 7.95. The fourth-order valence-corrected chi connectivity index (χ4v) is 3.21. The number of carboxylic acids is 1. The van der Waals surface area contributed by atoms with Gasteiger partial charge < -0.3 is 5.11 Å². The molecular weight excluding hydrogens is 304 g/mol. The smallest absolute Gasteiger partial charge is 0.329 e. The summed E-state index contributed by atoms with van der Waals surface area (Å²) in [4.78, 5) is 27.6. The molecule has 1 heterocycles. The van der Waals surface area contributed by atoms with Crippen molar-refractivity contribution in [2.75, 3.05) is 16.3 Å². The Morgan fingerprint density at radius 3 is 2.12 bits per heavy atom. The number of urea groups is 1. The molecule has 1 N–H and O–H groups in total. The van der Waals surface area contributed by atoms with E-state index in [1.807, 2.05) is 67.6 Å². The molecule has 2 aromatic rings. The fourth-order valence-electron chi connectivity index (χ4n) is 3.21. The normalized spacial score (nSPS) is 20.5. The van der Waals surface area contributed by atoms with Gasteiger partial charge in [-0.15, -0.1) is 0 Å². The molecule has 2 aromatic carbocycles. The van der Waals surface area contributed by atoms with Gasteiger partial charge in [0.1, 0.15) is 0 Å². The molecule has 1 aliphatic rings. The Hall–Kier alpha value is -2.82. The summed E-state index contributed by atoms with van der Waals surface area (Å²) >= 11 is 0. The molecule has 0 spiro atoms. The lowest BCUT2D eigenvalue weighted by Gasteiger charge is -2.33. The maximum Gasteiger partial charge on any atom is 0.329 e. The van der Waals surface area contributed by atoms with E-state index in [4.69, 9.17) is 5.11 Å². The van der Waals surface area contributed by atoms with E-state index < -0.39 is 11.5 Å². The topological polar surface area (TPSA) is 60.9 Å². The van der Waals surface area contributed by atoms with Gasteiger partial charge in [-0.05, 0) is 37.6 Å². The number of hydrogen-bond acceptors (Lipinski definition) is 2. The van der Waals surface area contributed by atoms with Crippen LogP contribution < -0.4 is 9.80 Å². The summed E-state index contributed by atoms with van der Waals surface area (Å²) in [5.41, 5.74) is 1.03. The number of rotatable bonds is 5. The second-order valence-electron chi connectivity index (χ2n) is 6.27. The first-order chi connectivity index (χ1) is 11.5. The summed E-state index contributed by atoms with van der Waals surface area (Å²) < 4.78 is 0. The molecule has 1 unspecified atom stereocenters. The Morgan fingerprint density at radius 2 is 1.58 bits per heavy atom. The van der Waals surface area contributed by atoms with Crippen LogP contribution >= 0.6 is 0 Å². The zero-order valence-electron chi connectivity index (χ0n) is 13.6. The number of nitrogens with zero attached hydrogens (tertiary/aromatic N) is 2. The number of para-hydroxylation sites is 2. The first kappa shape index (κ1) is 16.1. The van der Waals surface area contributed by atoms with Crippen LogP contribution in [0.2, 0.25) is 0 Å². The summed E-state index contributed by atoms with van der Waals surface area (Å²) in [6.45, 7) is 2.40. The molecule has 2 amide bonds. The highest BCUT2D eigenvalue weighted by atomic mass is 16.4. The summed E-state index contributed by atoms with van der Waals surface area (Å²) in [5, 5.41) is 9.08. The van der Waals surface area contributed by atoms with E-state index in [0.717, 1.165) is 11.4 Å². The lowest BCUT2D eigenvalue weighted by Crippen LogP contribution is -2.45. The van der Waals surface area contributed by atoms with E-state index in [9.17, 15) is 9.59 Å². The van der Waals surface area contributed by atoms with Crippen molar-refractivity contribution in [1.29, 1.82) is 0 Å². The third kappa shape index (κ3) is 2.97. The summed E-state index contributed by atoms with van der Waals surface area (Å²) in [6.07, 6.45) is 0.419. The van der Waals surface area contributed by atoms with E-state index in [1.165, 1.54) is 0 Å². The molecule has 124 valence electrons. The van der Waals surface area contributed by atoms with Crippen LogP contribution in [0.15, 0.2) is 60.7 Å². The third-order valence-electron chi connectivity index (χ3n) is 4.42. The van der Waals surface area contributed by atoms with E-state index in [2.05, 4.69) is 0 Å². The van der Waals surface area contributed by atoms with E-state index in [-0.39, 0.29) is 12.5 Å². The number of amides is 2. The van der Waals surface area contributed by atoms with Crippen LogP contribution in [0.3, 0.4) is 0 Å². The molecule has 1 saturated heterocycles. The van der Waals surface area contributed by atoms with Crippen LogP contribution in [0.5, 0.6) is 0 Å². The van der Waals surface area contributed by atoms with Gasteiger partial charge in [0.15, 0.2) is 0 Å². The molecular formula is C19H20N2O3. The molecule has 5 heteroatoms. The molecule has 0 saturated carbocycles. The van der Waals surface area contributed by atoms with Gasteiger partial charge in [-0.3, -0.25) is 14.6 Å². The number of anilines is 2. The van der Waals surface area contributed by atoms with Gasteiger partial charge in [-0.1, -0.05) is 36.4 Å². The number of carbonyl (C=O) groups excluding carboxylic acids is 1. The molecule has 0 radical (unpaired) electrons. The quantitative estimate of drug-likeness (QED) is 0.911. The highest BCUT2D eigenvalue weighted by molar-refractivity contribution is 6.07. The highest BCUT2D eigenvalue weighted by Gasteiger charge is 2.47. The zero-order chi connectivity index (χ0) is 17.2. The largest absolute Gasteiger partial charge is 0.481 e. The van der Waals surface area contributed by atoms with Crippen molar-refractivity contribution in [2.45, 2.75) is 25.3 Å². The average molecular weight is 324 g/mol. The van der Waals surface area contributed by atoms with Crippen LogP contribution in [0.25, 0.3) is 0 Å². The summed E-state index contributed by atoms with van der Waals surface area (Å²) in [7, 11) is 0. The third-order valence-corrected chi connectivity index (χ3v) is 4.42. The first-order valence-electron chi connectivity index (χ1n) is 7.95. The number of hydrogen-bond donors (Lipinski definition) is 1. The van der Waals surface area contributed by atoms with Gasteiger partial charge in [0.25, 0.3) is 0 Å². The standard InChI is InChI=1S/C19H20N2O3/c1-19(13-12-17(22)23)14-20(15-8-4-2-5-9-15)18(24)21(19)16-10-6-3-7-11-16/h2-11H,12-14H2,1H3,(H,22,23). The molecule has 24 heavy (non-hydrogen) atoms. The maximum absolute atomic E-state index is 13.1. The van der Waals surface area contributed by atoms with Crippen molar-refractivity contribution in [3.8, 4) is 0 Å². The zero-order valence-corrected chi connectivity index (χ0v) is 13.6. The highest BCUT2D eigenvalue weighted by Crippen LogP contribution is 2.37. The van der Waals surface area contributed by atoms with Crippen molar-refractivity contribution in [3.63, 3.8) is 0 Å². The van der Waals surface area contributed by atoms with Gasteiger partial charge in [0.2, 0.25) is 0 Å². The lowest BCUT2D eigenvalue weighted by molar-refractivity contribution is -0.137. The summed E-state index contributed by atoms with van der Waals surface area (Å²) in [5.74, 6) is -0.852. The average Bonchev–Trinajstić information content (AvgIpc) is 2.86. The maximum atomic E-state index is 13.1. The van der Waals surface area contributed by atoms with Crippen molar-refractivity contribution >= 4 is 23.4 Å². The molecule has 5 nitrogen and oxygen atoms in total. The predicted molar refractivity (Wildman–Crippen MR) is 93.4 cm³/mol. The minimum absolute atomic E-state index is 0.0236.